The van der Waals surface area contributed by atoms with Gasteiger partial charge in [0.15, 0.2) is 0 Å². The van der Waals surface area contributed by atoms with Gasteiger partial charge in [0.2, 0.25) is 0 Å². The second kappa shape index (κ2) is 3.21. The summed E-state index contributed by atoms with van der Waals surface area (Å²) in [6.07, 6.45) is 2.00. The van der Waals surface area contributed by atoms with E-state index >= 15 is 0 Å². The maximum atomic E-state index is 5.84. The van der Waals surface area contributed by atoms with Crippen LogP contribution in [0.25, 0.3) is 0 Å². The van der Waals surface area contributed by atoms with Crippen LogP contribution in [0, 0.1) is 0 Å². The Morgan fingerprint density at radius 3 is 2.58 bits per heavy atom. The lowest BCUT2D eigenvalue weighted by Gasteiger charge is -2.20. The molecule has 0 aliphatic carbocycles. The molecular formula is C9H10N2S. The first-order valence-electron chi connectivity index (χ1n) is 3.79. The van der Waals surface area contributed by atoms with E-state index in [0.717, 1.165) is 5.69 Å². The Labute approximate surface area is 76.1 Å². The van der Waals surface area contributed by atoms with Gasteiger partial charge in [-0.05, 0) is 17.5 Å². The maximum Gasteiger partial charge on any atom is 0.133 e. The van der Waals surface area contributed by atoms with E-state index in [0.29, 0.717) is 0 Å². The Kier molecular flexibility index (Phi) is 2.06. The van der Waals surface area contributed by atoms with E-state index in [9.17, 15) is 0 Å². The van der Waals surface area contributed by atoms with Crippen LogP contribution in [0.4, 0.5) is 5.69 Å². The SMILES string of the molecule is N[C@H]1SC=CN1c1ccccc1. The zero-order valence-corrected chi connectivity index (χ0v) is 7.37. The highest BCUT2D eigenvalue weighted by atomic mass is 32.2. The third-order valence-corrected chi connectivity index (χ3v) is 2.55. The average molecular weight is 178 g/mol. The van der Waals surface area contributed by atoms with Crippen LogP contribution in [0.2, 0.25) is 0 Å². The molecular weight excluding hydrogens is 168 g/mol. The van der Waals surface area contributed by atoms with Gasteiger partial charge in [0.25, 0.3) is 0 Å². The van der Waals surface area contributed by atoms with Crippen LogP contribution in [0.3, 0.4) is 0 Å². The standard InChI is InChI=1S/C9H10N2S/c10-9-11(6-7-12-9)8-4-2-1-3-5-8/h1-7,9H,10H2/t9-/m1/s1. The first kappa shape index (κ1) is 7.71. The summed E-state index contributed by atoms with van der Waals surface area (Å²) in [6.45, 7) is 0. The van der Waals surface area contributed by atoms with E-state index in [4.69, 9.17) is 5.73 Å². The molecule has 3 heteroatoms. The number of thioether (sulfide) groups is 1. The fourth-order valence-electron chi connectivity index (χ4n) is 1.16. The molecule has 1 atom stereocenters. The summed E-state index contributed by atoms with van der Waals surface area (Å²) in [6, 6.07) is 10.1. The second-order valence-corrected chi connectivity index (χ2v) is 3.58. The van der Waals surface area contributed by atoms with Crippen molar-refractivity contribution in [1.29, 1.82) is 0 Å². The van der Waals surface area contributed by atoms with E-state index in [2.05, 4.69) is 12.1 Å². The Morgan fingerprint density at radius 2 is 2.00 bits per heavy atom. The summed E-state index contributed by atoms with van der Waals surface area (Å²) >= 11 is 1.62. The molecule has 1 aliphatic heterocycles. The number of hydrogen-bond donors (Lipinski definition) is 1. The van der Waals surface area contributed by atoms with Gasteiger partial charge < -0.3 is 10.6 Å². The third kappa shape index (κ3) is 1.33. The fourth-order valence-corrected chi connectivity index (χ4v) is 1.85. The summed E-state index contributed by atoms with van der Waals surface area (Å²) in [5.41, 5.74) is 7.02. The van der Waals surface area contributed by atoms with Crippen molar-refractivity contribution in [3.8, 4) is 0 Å². The van der Waals surface area contributed by atoms with Crippen molar-refractivity contribution >= 4 is 17.4 Å². The van der Waals surface area contributed by atoms with E-state index in [-0.39, 0.29) is 5.50 Å². The average Bonchev–Trinajstić information content (AvgIpc) is 2.53. The van der Waals surface area contributed by atoms with Gasteiger partial charge in [-0.1, -0.05) is 30.0 Å². The minimum atomic E-state index is 0.0346. The van der Waals surface area contributed by atoms with E-state index in [1.165, 1.54) is 0 Å². The molecule has 1 aromatic carbocycles. The van der Waals surface area contributed by atoms with Gasteiger partial charge in [0.05, 0.1) is 0 Å². The highest BCUT2D eigenvalue weighted by molar-refractivity contribution is 8.03. The molecule has 0 fully saturated rings. The van der Waals surface area contributed by atoms with Crippen LogP contribution >= 0.6 is 11.8 Å². The summed E-state index contributed by atoms with van der Waals surface area (Å²) in [5, 5.41) is 2.01. The van der Waals surface area contributed by atoms with Gasteiger partial charge in [-0.15, -0.1) is 0 Å². The number of rotatable bonds is 1. The molecule has 1 aromatic rings. The molecule has 0 radical (unpaired) electrons. The van der Waals surface area contributed by atoms with Gasteiger partial charge in [0, 0.05) is 11.9 Å². The summed E-state index contributed by atoms with van der Waals surface area (Å²) in [5.74, 6) is 0. The Hall–Kier alpha value is -0.930. The number of para-hydroxylation sites is 1. The molecule has 0 spiro atoms. The zero-order valence-electron chi connectivity index (χ0n) is 6.55. The van der Waals surface area contributed by atoms with Crippen LogP contribution in [0.1, 0.15) is 0 Å². The highest BCUT2D eigenvalue weighted by Gasteiger charge is 2.15. The second-order valence-electron chi connectivity index (χ2n) is 2.55. The lowest BCUT2D eigenvalue weighted by Crippen LogP contribution is -2.31. The lowest BCUT2D eigenvalue weighted by atomic mass is 10.3. The summed E-state index contributed by atoms with van der Waals surface area (Å²) < 4.78 is 0. The van der Waals surface area contributed by atoms with Crippen LogP contribution in [-0.4, -0.2) is 5.50 Å². The Balaban J connectivity index is 2.25. The van der Waals surface area contributed by atoms with Gasteiger partial charge in [-0.3, -0.25) is 0 Å². The molecule has 0 bridgehead atoms. The van der Waals surface area contributed by atoms with Crippen molar-refractivity contribution in [1.82, 2.24) is 0 Å². The summed E-state index contributed by atoms with van der Waals surface area (Å²) in [4.78, 5) is 2.05. The number of nitrogens with two attached hydrogens (primary N) is 1. The predicted molar refractivity (Wildman–Crippen MR) is 53.6 cm³/mol. The van der Waals surface area contributed by atoms with Crippen molar-refractivity contribution in [3.63, 3.8) is 0 Å². The van der Waals surface area contributed by atoms with Crippen molar-refractivity contribution in [3.05, 3.63) is 41.9 Å². The molecule has 62 valence electrons. The Morgan fingerprint density at radius 1 is 1.25 bits per heavy atom. The monoisotopic (exact) mass is 178 g/mol. The Bertz CT molecular complexity index is 284. The molecule has 1 heterocycles. The van der Waals surface area contributed by atoms with E-state index in [1.807, 2.05) is 34.7 Å². The van der Waals surface area contributed by atoms with Gasteiger partial charge in [0.1, 0.15) is 5.50 Å². The van der Waals surface area contributed by atoms with Crippen LogP contribution < -0.4 is 10.6 Å². The lowest BCUT2D eigenvalue weighted by molar-refractivity contribution is 0.926. The van der Waals surface area contributed by atoms with Gasteiger partial charge >= 0.3 is 0 Å². The predicted octanol–water partition coefficient (Wildman–Crippen LogP) is 1.95. The molecule has 0 unspecified atom stereocenters. The van der Waals surface area contributed by atoms with Crippen molar-refractivity contribution in [2.75, 3.05) is 4.90 Å². The molecule has 0 amide bonds. The summed E-state index contributed by atoms with van der Waals surface area (Å²) in [7, 11) is 0. The topological polar surface area (TPSA) is 29.3 Å². The number of nitrogens with zero attached hydrogens (tertiary/aromatic N) is 1. The number of hydrogen-bond acceptors (Lipinski definition) is 3. The molecule has 0 aromatic heterocycles. The zero-order chi connectivity index (χ0) is 8.39. The fraction of sp³-hybridized carbons (Fsp3) is 0.111. The minimum absolute atomic E-state index is 0.0346. The van der Waals surface area contributed by atoms with Gasteiger partial charge in [-0.25, -0.2) is 0 Å². The maximum absolute atomic E-state index is 5.84. The minimum Gasteiger partial charge on any atom is -0.322 e. The molecule has 12 heavy (non-hydrogen) atoms. The quantitative estimate of drug-likeness (QED) is 0.712. The normalized spacial score (nSPS) is 21.8. The first-order valence-corrected chi connectivity index (χ1v) is 4.73. The first-order chi connectivity index (χ1) is 5.88. The van der Waals surface area contributed by atoms with Crippen LogP contribution in [0.15, 0.2) is 41.9 Å². The van der Waals surface area contributed by atoms with Crippen molar-refractivity contribution in [2.45, 2.75) is 5.50 Å². The van der Waals surface area contributed by atoms with Crippen molar-refractivity contribution in [2.24, 2.45) is 5.73 Å². The largest absolute Gasteiger partial charge is 0.322 e. The smallest absolute Gasteiger partial charge is 0.133 e. The third-order valence-electron chi connectivity index (χ3n) is 1.77. The van der Waals surface area contributed by atoms with Gasteiger partial charge in [-0.2, -0.15) is 0 Å². The highest BCUT2D eigenvalue weighted by Crippen LogP contribution is 2.26. The number of benzene rings is 1. The molecule has 2 rings (SSSR count). The van der Waals surface area contributed by atoms with Crippen LogP contribution in [-0.2, 0) is 0 Å². The number of anilines is 1. The molecule has 0 saturated heterocycles. The molecule has 2 N–H and O–H groups in total. The van der Waals surface area contributed by atoms with E-state index in [1.54, 1.807) is 11.8 Å². The molecule has 2 nitrogen and oxygen atoms in total. The molecule has 1 aliphatic rings. The molecule has 0 saturated carbocycles. The van der Waals surface area contributed by atoms with Crippen molar-refractivity contribution < 1.29 is 0 Å². The van der Waals surface area contributed by atoms with Crippen LogP contribution in [0.5, 0.6) is 0 Å². The van der Waals surface area contributed by atoms with E-state index < -0.39 is 0 Å².